The third kappa shape index (κ3) is 4.76. The number of amides is 2. The molecule has 1 aromatic carbocycles. The number of anilines is 1. The summed E-state index contributed by atoms with van der Waals surface area (Å²) < 4.78 is 7.40. The molecule has 1 saturated heterocycles. The highest BCUT2D eigenvalue weighted by atomic mass is 16.5. The van der Waals surface area contributed by atoms with Crippen molar-refractivity contribution in [3.8, 4) is 5.75 Å². The number of aromatic nitrogens is 2. The molecule has 2 N–H and O–H groups in total. The number of likely N-dealkylation sites (N-methyl/N-ethyl adjacent to an activating group) is 1. The molecule has 0 radical (unpaired) electrons. The SMILES string of the molecule is CCN(CC)C(=O)COc1cccc(NC(=O)C2(n3cccn3)CCNCC2)c1. The maximum absolute atomic E-state index is 13.2. The van der Waals surface area contributed by atoms with Crippen molar-refractivity contribution >= 4 is 17.5 Å². The van der Waals surface area contributed by atoms with Crippen molar-refractivity contribution < 1.29 is 14.3 Å². The van der Waals surface area contributed by atoms with E-state index < -0.39 is 5.54 Å². The lowest BCUT2D eigenvalue weighted by Crippen LogP contribution is -2.52. The third-order valence-corrected chi connectivity index (χ3v) is 5.37. The van der Waals surface area contributed by atoms with Crippen molar-refractivity contribution in [1.82, 2.24) is 20.0 Å². The van der Waals surface area contributed by atoms with Gasteiger partial charge in [0.1, 0.15) is 11.3 Å². The predicted molar refractivity (Wildman–Crippen MR) is 111 cm³/mol. The second-order valence-electron chi connectivity index (χ2n) is 7.07. The normalized spacial score (nSPS) is 15.5. The minimum atomic E-state index is -0.718. The Kier molecular flexibility index (Phi) is 6.87. The van der Waals surface area contributed by atoms with Gasteiger partial charge >= 0.3 is 0 Å². The van der Waals surface area contributed by atoms with Gasteiger partial charge in [-0.2, -0.15) is 5.10 Å². The van der Waals surface area contributed by atoms with Gasteiger partial charge in [0.05, 0.1) is 0 Å². The van der Waals surface area contributed by atoms with Gasteiger partial charge < -0.3 is 20.3 Å². The fourth-order valence-electron chi connectivity index (χ4n) is 3.65. The van der Waals surface area contributed by atoms with Gasteiger partial charge in [-0.15, -0.1) is 0 Å². The highest BCUT2D eigenvalue weighted by Gasteiger charge is 2.42. The van der Waals surface area contributed by atoms with Crippen molar-refractivity contribution in [2.45, 2.75) is 32.2 Å². The van der Waals surface area contributed by atoms with Crippen LogP contribution in [0, 0.1) is 0 Å². The molecule has 8 nitrogen and oxygen atoms in total. The number of hydrogen-bond donors (Lipinski definition) is 2. The van der Waals surface area contributed by atoms with E-state index in [1.165, 1.54) is 0 Å². The maximum atomic E-state index is 13.2. The number of rotatable bonds is 8. The molecular weight excluding hydrogens is 370 g/mol. The van der Waals surface area contributed by atoms with Crippen LogP contribution >= 0.6 is 0 Å². The van der Waals surface area contributed by atoms with Crippen molar-refractivity contribution in [2.24, 2.45) is 0 Å². The minimum Gasteiger partial charge on any atom is -0.484 e. The van der Waals surface area contributed by atoms with E-state index in [2.05, 4.69) is 15.7 Å². The summed E-state index contributed by atoms with van der Waals surface area (Å²) in [7, 11) is 0. The molecule has 0 atom stereocenters. The Morgan fingerprint density at radius 3 is 2.66 bits per heavy atom. The van der Waals surface area contributed by atoms with Crippen LogP contribution in [0.2, 0.25) is 0 Å². The Morgan fingerprint density at radius 1 is 1.24 bits per heavy atom. The molecule has 0 bridgehead atoms. The van der Waals surface area contributed by atoms with Crippen LogP contribution in [0.1, 0.15) is 26.7 Å². The molecule has 1 aliphatic heterocycles. The van der Waals surface area contributed by atoms with Crippen LogP contribution in [-0.4, -0.2) is 59.3 Å². The average Bonchev–Trinajstić information content (AvgIpc) is 3.29. The van der Waals surface area contributed by atoms with Gasteiger partial charge in [0.15, 0.2) is 6.61 Å². The molecule has 29 heavy (non-hydrogen) atoms. The minimum absolute atomic E-state index is 0.0258. The summed E-state index contributed by atoms with van der Waals surface area (Å²) in [6.45, 7) is 6.66. The Morgan fingerprint density at radius 2 is 2.00 bits per heavy atom. The fourth-order valence-corrected chi connectivity index (χ4v) is 3.65. The number of hydrogen-bond acceptors (Lipinski definition) is 5. The zero-order valence-electron chi connectivity index (χ0n) is 17.1. The van der Waals surface area contributed by atoms with Crippen LogP contribution in [-0.2, 0) is 15.1 Å². The zero-order valence-corrected chi connectivity index (χ0v) is 17.1. The second-order valence-corrected chi connectivity index (χ2v) is 7.07. The van der Waals surface area contributed by atoms with Crippen LogP contribution in [0.5, 0.6) is 5.75 Å². The van der Waals surface area contributed by atoms with Gasteiger partial charge in [-0.05, 0) is 58.0 Å². The van der Waals surface area contributed by atoms with Crippen LogP contribution < -0.4 is 15.4 Å². The smallest absolute Gasteiger partial charge is 0.260 e. The summed E-state index contributed by atoms with van der Waals surface area (Å²) in [6.07, 6.45) is 4.85. The van der Waals surface area contributed by atoms with Gasteiger partial charge in [0, 0.05) is 37.2 Å². The molecular formula is C21H29N5O3. The van der Waals surface area contributed by atoms with Crippen molar-refractivity contribution in [3.05, 3.63) is 42.7 Å². The molecule has 1 fully saturated rings. The van der Waals surface area contributed by atoms with Gasteiger partial charge in [-0.1, -0.05) is 6.07 Å². The number of carbonyl (C=O) groups excluding carboxylic acids is 2. The summed E-state index contributed by atoms with van der Waals surface area (Å²) in [5.74, 6) is 0.387. The topological polar surface area (TPSA) is 88.5 Å². The Bertz CT molecular complexity index is 811. The van der Waals surface area contributed by atoms with E-state index in [1.807, 2.05) is 32.2 Å². The van der Waals surface area contributed by atoms with Crippen molar-refractivity contribution in [2.75, 3.05) is 38.1 Å². The lowest BCUT2D eigenvalue weighted by Gasteiger charge is -2.36. The first kappa shape index (κ1) is 20.9. The summed E-state index contributed by atoms with van der Waals surface area (Å²) in [6, 6.07) is 8.97. The van der Waals surface area contributed by atoms with E-state index in [0.717, 1.165) is 13.1 Å². The van der Waals surface area contributed by atoms with Gasteiger partial charge in [-0.3, -0.25) is 14.3 Å². The van der Waals surface area contributed by atoms with E-state index >= 15 is 0 Å². The van der Waals surface area contributed by atoms with Gasteiger partial charge in [0.25, 0.3) is 11.8 Å². The number of piperidine rings is 1. The summed E-state index contributed by atoms with van der Waals surface area (Å²) in [5.41, 5.74) is -0.0857. The van der Waals surface area contributed by atoms with E-state index in [-0.39, 0.29) is 18.4 Å². The first-order chi connectivity index (χ1) is 14.1. The molecule has 0 unspecified atom stereocenters. The quantitative estimate of drug-likeness (QED) is 0.707. The highest BCUT2D eigenvalue weighted by Crippen LogP contribution is 2.29. The predicted octanol–water partition coefficient (Wildman–Crippen LogP) is 1.85. The van der Waals surface area contributed by atoms with Crippen LogP contribution in [0.3, 0.4) is 0 Å². The summed E-state index contributed by atoms with van der Waals surface area (Å²) >= 11 is 0. The van der Waals surface area contributed by atoms with Crippen molar-refractivity contribution in [1.29, 1.82) is 0 Å². The molecule has 2 heterocycles. The second kappa shape index (κ2) is 9.56. The molecule has 8 heteroatoms. The molecule has 0 aliphatic carbocycles. The molecule has 0 saturated carbocycles. The Labute approximate surface area is 171 Å². The molecule has 3 rings (SSSR count). The summed E-state index contributed by atoms with van der Waals surface area (Å²) in [5, 5.41) is 10.6. The highest BCUT2D eigenvalue weighted by molar-refractivity contribution is 5.97. The molecule has 1 aromatic heterocycles. The largest absolute Gasteiger partial charge is 0.484 e. The Balaban J connectivity index is 1.69. The lowest BCUT2D eigenvalue weighted by molar-refractivity contribution is -0.133. The van der Waals surface area contributed by atoms with Crippen LogP contribution in [0.4, 0.5) is 5.69 Å². The molecule has 156 valence electrons. The van der Waals surface area contributed by atoms with Gasteiger partial charge in [-0.25, -0.2) is 0 Å². The van der Waals surface area contributed by atoms with Crippen LogP contribution in [0.25, 0.3) is 0 Å². The van der Waals surface area contributed by atoms with E-state index in [9.17, 15) is 9.59 Å². The van der Waals surface area contributed by atoms with Crippen LogP contribution in [0.15, 0.2) is 42.7 Å². The van der Waals surface area contributed by atoms with Gasteiger partial charge in [0.2, 0.25) is 0 Å². The van der Waals surface area contributed by atoms with Crippen molar-refractivity contribution in [3.63, 3.8) is 0 Å². The zero-order chi connectivity index (χ0) is 20.7. The third-order valence-electron chi connectivity index (χ3n) is 5.37. The molecule has 2 amide bonds. The van der Waals surface area contributed by atoms with E-state index in [4.69, 9.17) is 4.74 Å². The summed E-state index contributed by atoms with van der Waals surface area (Å²) in [4.78, 5) is 27.1. The maximum Gasteiger partial charge on any atom is 0.260 e. The number of nitrogens with one attached hydrogen (secondary N) is 2. The molecule has 1 aliphatic rings. The van der Waals surface area contributed by atoms with E-state index in [1.54, 1.807) is 34.0 Å². The standard InChI is InChI=1S/C21H29N5O3/c1-3-25(4-2)19(27)16-29-18-8-5-7-17(15-18)24-20(28)21(9-12-22-13-10-21)26-14-6-11-23-26/h5-8,11,14-15,22H,3-4,9-10,12-13,16H2,1-2H3,(H,24,28). The number of benzene rings is 1. The average molecular weight is 399 g/mol. The fraction of sp³-hybridized carbons (Fsp3) is 0.476. The first-order valence-corrected chi connectivity index (χ1v) is 10.1. The Hall–Kier alpha value is -2.87. The monoisotopic (exact) mass is 399 g/mol. The molecule has 2 aromatic rings. The number of nitrogens with zero attached hydrogens (tertiary/aromatic N) is 3. The first-order valence-electron chi connectivity index (χ1n) is 10.1. The number of ether oxygens (including phenoxy) is 1. The molecule has 0 spiro atoms. The lowest BCUT2D eigenvalue weighted by atomic mass is 9.87. The van der Waals surface area contributed by atoms with E-state index in [0.29, 0.717) is 37.4 Å². The number of carbonyl (C=O) groups is 2.